The Balaban J connectivity index is 1.18. The molecule has 0 saturated carbocycles. The van der Waals surface area contributed by atoms with Crippen molar-refractivity contribution < 1.29 is 8.83 Å². The van der Waals surface area contributed by atoms with E-state index < -0.39 is 0 Å². The molecule has 0 amide bonds. The molecule has 0 saturated heterocycles. The van der Waals surface area contributed by atoms with Crippen LogP contribution in [0.15, 0.2) is 142 Å². The zero-order valence-electron chi connectivity index (χ0n) is 26.4. The lowest BCUT2D eigenvalue weighted by atomic mass is 9.85. The van der Waals surface area contributed by atoms with Crippen molar-refractivity contribution in [1.29, 1.82) is 5.26 Å². The summed E-state index contributed by atoms with van der Waals surface area (Å²) in [6, 6.07) is 47.7. The van der Waals surface area contributed by atoms with Crippen molar-refractivity contribution in [3.8, 4) is 22.9 Å². The van der Waals surface area contributed by atoms with Gasteiger partial charge in [-0.3, -0.25) is 0 Å². The first kappa shape index (κ1) is 26.9. The Bertz CT molecular complexity index is 3160. The highest BCUT2D eigenvalue weighted by Gasteiger charge is 2.36. The minimum Gasteiger partial charge on any atom is -0.455 e. The maximum atomic E-state index is 10.8. The Labute approximate surface area is 285 Å². The third kappa shape index (κ3) is 3.38. The first-order chi connectivity index (χ1) is 24.7. The second kappa shape index (κ2) is 9.73. The number of furan rings is 2. The second-order valence-electron chi connectivity index (χ2n) is 13.0. The van der Waals surface area contributed by atoms with Crippen LogP contribution in [0.5, 0.6) is 0 Å². The highest BCUT2D eigenvalue weighted by molar-refractivity contribution is 6.24. The van der Waals surface area contributed by atoms with E-state index in [-0.39, 0.29) is 5.92 Å². The van der Waals surface area contributed by atoms with Gasteiger partial charge in [0.25, 0.3) is 0 Å². The largest absolute Gasteiger partial charge is 0.455 e. The Kier molecular flexibility index (Phi) is 5.24. The van der Waals surface area contributed by atoms with E-state index in [1.807, 2.05) is 72.8 Å². The number of hydrogen-bond acceptors (Lipinski definition) is 3. The van der Waals surface area contributed by atoms with Crippen molar-refractivity contribution in [1.82, 2.24) is 4.57 Å². The van der Waals surface area contributed by atoms with Crippen LogP contribution < -0.4 is 0 Å². The summed E-state index contributed by atoms with van der Waals surface area (Å²) < 4.78 is 15.2. The van der Waals surface area contributed by atoms with Crippen LogP contribution in [0.25, 0.3) is 87.3 Å². The third-order valence-electron chi connectivity index (χ3n) is 10.5. The minimum absolute atomic E-state index is 0.306. The second-order valence-corrected chi connectivity index (χ2v) is 13.0. The monoisotopic (exact) mass is 637 g/mol. The summed E-state index contributed by atoms with van der Waals surface area (Å²) in [5, 5.41) is 17.2. The van der Waals surface area contributed by atoms with Gasteiger partial charge < -0.3 is 13.4 Å². The molecular weight excluding hydrogens is 615 g/mol. The summed E-state index contributed by atoms with van der Waals surface area (Å²) >= 11 is 0. The molecule has 5 nitrogen and oxygen atoms in total. The number of nitriles is 1. The van der Waals surface area contributed by atoms with Crippen LogP contribution in [0.1, 0.15) is 28.2 Å². The van der Waals surface area contributed by atoms with Gasteiger partial charge in [-0.25, -0.2) is 4.85 Å². The molecule has 0 fully saturated rings. The van der Waals surface area contributed by atoms with Crippen LogP contribution in [-0.2, 0) is 0 Å². The first-order valence-electron chi connectivity index (χ1n) is 16.6. The molecule has 5 heteroatoms. The molecule has 11 rings (SSSR count). The number of rotatable bonds is 2. The maximum Gasteiger partial charge on any atom is 0.194 e. The molecule has 1 unspecified atom stereocenters. The predicted molar refractivity (Wildman–Crippen MR) is 199 cm³/mol. The lowest BCUT2D eigenvalue weighted by molar-refractivity contribution is 0.669. The van der Waals surface area contributed by atoms with Gasteiger partial charge in [-0.1, -0.05) is 91.0 Å². The molecule has 50 heavy (non-hydrogen) atoms. The van der Waals surface area contributed by atoms with E-state index in [2.05, 4.69) is 76.1 Å². The van der Waals surface area contributed by atoms with E-state index in [4.69, 9.17) is 15.4 Å². The molecule has 1 aliphatic carbocycles. The van der Waals surface area contributed by atoms with Gasteiger partial charge in [0.05, 0.1) is 29.1 Å². The van der Waals surface area contributed by atoms with Crippen LogP contribution in [0.3, 0.4) is 0 Å². The van der Waals surface area contributed by atoms with Crippen LogP contribution in [0.4, 0.5) is 5.69 Å². The van der Waals surface area contributed by atoms with Gasteiger partial charge in [0.2, 0.25) is 0 Å². The standard InChI is InChI=1S/C45H23N3O2/c1-47-35-23-26(48-36-15-7-4-14-33(36)43-37(48)21-20-32-28-11-6-9-17-39(28)50-45(32)43)22-25(24-46)40(35)41-29-12-2-3-13-30(29)42-34(41)19-18-31-27-10-5-8-16-38(27)49-44(31)42/h2-23,41H. The Morgan fingerprint density at radius 3 is 2.06 bits per heavy atom. The average Bonchev–Trinajstić information content (AvgIpc) is 3.91. The third-order valence-corrected chi connectivity index (χ3v) is 10.5. The number of fused-ring (bicyclic) bond motifs is 14. The van der Waals surface area contributed by atoms with Gasteiger partial charge in [-0.2, -0.15) is 5.26 Å². The van der Waals surface area contributed by atoms with Crippen LogP contribution in [0.2, 0.25) is 0 Å². The van der Waals surface area contributed by atoms with Crippen molar-refractivity contribution in [2.45, 2.75) is 5.92 Å². The Morgan fingerprint density at radius 2 is 1.28 bits per heavy atom. The van der Waals surface area contributed by atoms with Crippen LogP contribution >= 0.6 is 0 Å². The van der Waals surface area contributed by atoms with Crippen molar-refractivity contribution in [3.63, 3.8) is 0 Å². The summed E-state index contributed by atoms with van der Waals surface area (Å²) in [4.78, 5) is 4.12. The quantitative estimate of drug-likeness (QED) is 0.177. The number of aromatic nitrogens is 1. The van der Waals surface area contributed by atoms with E-state index in [0.717, 1.165) is 93.6 Å². The Hall–Kier alpha value is -7.08. The van der Waals surface area contributed by atoms with Gasteiger partial charge in [-0.15, -0.1) is 0 Å². The van der Waals surface area contributed by atoms with E-state index in [0.29, 0.717) is 16.8 Å². The van der Waals surface area contributed by atoms with Crippen LogP contribution in [-0.4, -0.2) is 4.57 Å². The molecule has 1 aliphatic rings. The summed E-state index contributed by atoms with van der Waals surface area (Å²) in [5.74, 6) is -0.306. The zero-order valence-corrected chi connectivity index (χ0v) is 26.4. The summed E-state index contributed by atoms with van der Waals surface area (Å²) in [6.45, 7) is 8.48. The zero-order chi connectivity index (χ0) is 33.1. The fourth-order valence-corrected chi connectivity index (χ4v) is 8.53. The highest BCUT2D eigenvalue weighted by atomic mass is 16.3. The fourth-order valence-electron chi connectivity index (χ4n) is 8.53. The van der Waals surface area contributed by atoms with Crippen molar-refractivity contribution in [3.05, 3.63) is 167 Å². The van der Waals surface area contributed by atoms with Gasteiger partial charge >= 0.3 is 0 Å². The highest BCUT2D eigenvalue weighted by Crippen LogP contribution is 2.54. The lowest BCUT2D eigenvalue weighted by Gasteiger charge is -2.20. The molecule has 0 aliphatic heterocycles. The normalized spacial score (nSPS) is 13.8. The SMILES string of the molecule is [C-]#[N+]c1cc(-n2c3ccccc3c3c4oc5ccccc5c4ccc32)cc(C#N)c1C1c2ccccc2-c2c1ccc1c2oc2ccccc21. The van der Waals surface area contributed by atoms with Crippen molar-refractivity contribution >= 4 is 71.4 Å². The molecule has 7 aromatic carbocycles. The molecule has 0 spiro atoms. The topological polar surface area (TPSA) is 59.4 Å². The average molecular weight is 638 g/mol. The van der Waals surface area contributed by atoms with Gasteiger partial charge in [0, 0.05) is 49.7 Å². The summed E-state index contributed by atoms with van der Waals surface area (Å²) in [7, 11) is 0. The number of nitrogens with zero attached hydrogens (tertiary/aromatic N) is 3. The van der Waals surface area contributed by atoms with E-state index in [9.17, 15) is 5.26 Å². The molecule has 0 bridgehead atoms. The smallest absolute Gasteiger partial charge is 0.194 e. The minimum atomic E-state index is -0.306. The molecule has 3 aromatic heterocycles. The molecule has 1 atom stereocenters. The van der Waals surface area contributed by atoms with Crippen molar-refractivity contribution in [2.24, 2.45) is 0 Å². The first-order valence-corrected chi connectivity index (χ1v) is 16.6. The molecule has 3 heterocycles. The number of para-hydroxylation sites is 3. The molecular formula is C45H23N3O2. The van der Waals surface area contributed by atoms with Gasteiger partial charge in [-0.05, 0) is 64.7 Å². The molecule has 0 N–H and O–H groups in total. The molecule has 10 aromatic rings. The molecule has 230 valence electrons. The predicted octanol–water partition coefficient (Wildman–Crippen LogP) is 12.2. The van der Waals surface area contributed by atoms with E-state index >= 15 is 0 Å². The van der Waals surface area contributed by atoms with E-state index in [1.54, 1.807) is 0 Å². The summed E-state index contributed by atoms with van der Waals surface area (Å²) in [6.07, 6.45) is 0. The van der Waals surface area contributed by atoms with E-state index in [1.165, 1.54) is 0 Å². The number of benzene rings is 7. The lowest BCUT2D eigenvalue weighted by Crippen LogP contribution is -2.05. The van der Waals surface area contributed by atoms with Gasteiger partial charge in [0.1, 0.15) is 22.3 Å². The number of hydrogen-bond donors (Lipinski definition) is 0. The fraction of sp³-hybridized carbons (Fsp3) is 0.0222. The molecule has 0 radical (unpaired) electrons. The maximum absolute atomic E-state index is 10.8. The van der Waals surface area contributed by atoms with Gasteiger partial charge in [0.15, 0.2) is 5.69 Å². The van der Waals surface area contributed by atoms with Crippen LogP contribution in [0, 0.1) is 17.9 Å². The summed E-state index contributed by atoms with van der Waals surface area (Å²) in [5.41, 5.74) is 11.9. The Morgan fingerprint density at radius 1 is 0.620 bits per heavy atom. The van der Waals surface area contributed by atoms with Crippen molar-refractivity contribution in [2.75, 3.05) is 0 Å².